The second kappa shape index (κ2) is 5.58. The molecule has 0 N–H and O–H groups in total. The maximum absolute atomic E-state index is 11.4. The third-order valence-electron chi connectivity index (χ3n) is 2.25. The second-order valence-electron chi connectivity index (χ2n) is 3.94. The molecule has 0 amide bonds. The summed E-state index contributed by atoms with van der Waals surface area (Å²) in [6, 6.07) is 0.239. The van der Waals surface area contributed by atoms with Gasteiger partial charge >= 0.3 is 5.97 Å². The molecule has 0 aromatic carbocycles. The normalized spacial score (nSPS) is 10.8. The van der Waals surface area contributed by atoms with E-state index in [1.165, 1.54) is 7.11 Å². The van der Waals surface area contributed by atoms with Crippen LogP contribution in [-0.2, 0) is 4.74 Å². The van der Waals surface area contributed by atoms with Gasteiger partial charge in [-0.05, 0) is 13.8 Å². The summed E-state index contributed by atoms with van der Waals surface area (Å²) in [5.74, 6) is 0.00533. The minimum atomic E-state index is -0.532. The molecule has 8 heteroatoms. The van der Waals surface area contributed by atoms with Gasteiger partial charge in [0.2, 0.25) is 0 Å². The molecule has 0 saturated carbocycles. The Morgan fingerprint density at radius 3 is 2.84 bits per heavy atom. The Kier molecular flexibility index (Phi) is 4.06. The first-order chi connectivity index (χ1) is 9.01. The van der Waals surface area contributed by atoms with Crippen molar-refractivity contribution in [3.63, 3.8) is 0 Å². The zero-order valence-electron chi connectivity index (χ0n) is 10.6. The van der Waals surface area contributed by atoms with E-state index >= 15 is 0 Å². The number of nitrogens with zero attached hydrogens (tertiary/aromatic N) is 3. The van der Waals surface area contributed by atoms with Crippen LogP contribution in [-0.4, -0.2) is 27.8 Å². The molecule has 2 aromatic rings. The molecule has 2 aromatic heterocycles. The Morgan fingerprint density at radius 2 is 2.26 bits per heavy atom. The Labute approximate surface area is 118 Å². The van der Waals surface area contributed by atoms with Crippen molar-refractivity contribution >= 4 is 28.9 Å². The zero-order chi connectivity index (χ0) is 14.0. The lowest BCUT2D eigenvalue weighted by molar-refractivity contribution is 0.0606. The van der Waals surface area contributed by atoms with Gasteiger partial charge in [0.25, 0.3) is 5.19 Å². The molecule has 0 aliphatic rings. The highest BCUT2D eigenvalue weighted by Crippen LogP contribution is 2.32. The van der Waals surface area contributed by atoms with Crippen LogP contribution in [0.2, 0.25) is 5.15 Å². The molecule has 0 saturated heterocycles. The fourth-order valence-corrected chi connectivity index (χ4v) is 2.37. The van der Waals surface area contributed by atoms with Gasteiger partial charge in [-0.2, -0.15) is 10.1 Å². The van der Waals surface area contributed by atoms with Crippen LogP contribution in [0.15, 0.2) is 12.4 Å². The third-order valence-corrected chi connectivity index (χ3v) is 3.55. The van der Waals surface area contributed by atoms with Crippen molar-refractivity contribution in [2.75, 3.05) is 7.11 Å². The van der Waals surface area contributed by atoms with Gasteiger partial charge in [0.15, 0.2) is 15.8 Å². The van der Waals surface area contributed by atoms with Crippen molar-refractivity contribution in [3.8, 4) is 10.9 Å². The molecule has 0 radical (unpaired) electrons. The minimum Gasteiger partial charge on any atom is -0.465 e. The molecule has 0 bridgehead atoms. The number of esters is 1. The Hall–Kier alpha value is -1.60. The fraction of sp³-hybridized carbons (Fsp3) is 0.364. The zero-order valence-corrected chi connectivity index (χ0v) is 12.2. The highest BCUT2D eigenvalue weighted by molar-refractivity contribution is 7.15. The third kappa shape index (κ3) is 3.05. The van der Waals surface area contributed by atoms with E-state index in [1.807, 2.05) is 13.8 Å². The van der Waals surface area contributed by atoms with Crippen LogP contribution < -0.4 is 4.74 Å². The first-order valence-electron chi connectivity index (χ1n) is 5.48. The number of rotatable bonds is 4. The van der Waals surface area contributed by atoms with Gasteiger partial charge in [-0.15, -0.1) is 0 Å². The fourth-order valence-electron chi connectivity index (χ4n) is 1.30. The standard InChI is InChI=1S/C11H12ClN3O3S/c1-6(2)15-5-7(4-13-15)18-11-14-9(12)8(19-11)10(16)17-3/h4-6H,1-3H3. The number of aromatic nitrogens is 3. The maximum Gasteiger partial charge on any atom is 0.351 e. The van der Waals surface area contributed by atoms with E-state index in [9.17, 15) is 4.79 Å². The smallest absolute Gasteiger partial charge is 0.351 e. The van der Waals surface area contributed by atoms with Crippen LogP contribution in [0.5, 0.6) is 10.9 Å². The molecule has 2 rings (SSSR count). The second-order valence-corrected chi connectivity index (χ2v) is 5.26. The van der Waals surface area contributed by atoms with Crippen LogP contribution in [0.4, 0.5) is 0 Å². The van der Waals surface area contributed by atoms with Crippen molar-refractivity contribution < 1.29 is 14.3 Å². The summed E-state index contributed by atoms with van der Waals surface area (Å²) in [6.07, 6.45) is 3.32. The number of halogens is 1. The van der Waals surface area contributed by atoms with Crippen molar-refractivity contribution in [2.24, 2.45) is 0 Å². The minimum absolute atomic E-state index is 0.0723. The summed E-state index contributed by atoms with van der Waals surface area (Å²) in [4.78, 5) is 15.6. The van der Waals surface area contributed by atoms with Crippen LogP contribution in [0, 0.1) is 0 Å². The van der Waals surface area contributed by atoms with Crippen molar-refractivity contribution in [1.82, 2.24) is 14.8 Å². The lowest BCUT2D eigenvalue weighted by atomic mass is 10.4. The molecule has 0 atom stereocenters. The Bertz CT molecular complexity index is 594. The molecule has 0 unspecified atom stereocenters. The summed E-state index contributed by atoms with van der Waals surface area (Å²) in [6.45, 7) is 4.01. The van der Waals surface area contributed by atoms with Gasteiger partial charge in [-0.1, -0.05) is 22.9 Å². The monoisotopic (exact) mass is 301 g/mol. The van der Waals surface area contributed by atoms with E-state index in [1.54, 1.807) is 17.1 Å². The molecule has 2 heterocycles. The first-order valence-corrected chi connectivity index (χ1v) is 6.67. The average molecular weight is 302 g/mol. The molecule has 0 spiro atoms. The van der Waals surface area contributed by atoms with Crippen molar-refractivity contribution in [1.29, 1.82) is 0 Å². The highest BCUT2D eigenvalue weighted by atomic mass is 35.5. The number of hydrogen-bond donors (Lipinski definition) is 0. The summed E-state index contributed by atoms with van der Waals surface area (Å²) in [5, 5.41) is 4.48. The van der Waals surface area contributed by atoms with E-state index in [0.717, 1.165) is 11.3 Å². The van der Waals surface area contributed by atoms with Crippen LogP contribution >= 0.6 is 22.9 Å². The lowest BCUT2D eigenvalue weighted by Gasteiger charge is -2.02. The molecule has 0 aliphatic carbocycles. The van der Waals surface area contributed by atoms with E-state index in [-0.39, 0.29) is 21.3 Å². The molecule has 0 fully saturated rings. The Morgan fingerprint density at radius 1 is 1.53 bits per heavy atom. The van der Waals surface area contributed by atoms with Gasteiger partial charge in [0, 0.05) is 6.04 Å². The van der Waals surface area contributed by atoms with Gasteiger partial charge in [-0.25, -0.2) is 4.79 Å². The molecule has 6 nitrogen and oxygen atoms in total. The quantitative estimate of drug-likeness (QED) is 0.812. The van der Waals surface area contributed by atoms with Crippen LogP contribution in [0.3, 0.4) is 0 Å². The van der Waals surface area contributed by atoms with Gasteiger partial charge in [-0.3, -0.25) is 4.68 Å². The number of thiazole rings is 1. The number of methoxy groups -OCH3 is 1. The SMILES string of the molecule is COC(=O)c1sc(Oc2cnn(C(C)C)c2)nc1Cl. The largest absolute Gasteiger partial charge is 0.465 e. The molecule has 19 heavy (non-hydrogen) atoms. The molecule has 102 valence electrons. The van der Waals surface area contributed by atoms with Crippen molar-refractivity contribution in [3.05, 3.63) is 22.4 Å². The van der Waals surface area contributed by atoms with E-state index in [2.05, 4.69) is 14.8 Å². The molecular formula is C11H12ClN3O3S. The lowest BCUT2D eigenvalue weighted by Crippen LogP contribution is -1.99. The summed E-state index contributed by atoms with van der Waals surface area (Å²) >= 11 is 6.87. The number of ether oxygens (including phenoxy) is 2. The average Bonchev–Trinajstić information content (AvgIpc) is 2.96. The number of carbonyl (C=O) groups excluding carboxylic acids is 1. The van der Waals surface area contributed by atoms with Gasteiger partial charge < -0.3 is 9.47 Å². The molecule has 0 aliphatic heterocycles. The highest BCUT2D eigenvalue weighted by Gasteiger charge is 2.18. The van der Waals surface area contributed by atoms with E-state index < -0.39 is 5.97 Å². The summed E-state index contributed by atoms with van der Waals surface area (Å²) < 4.78 is 11.8. The first kappa shape index (κ1) is 13.8. The predicted octanol–water partition coefficient (Wildman–Crippen LogP) is 3.15. The van der Waals surface area contributed by atoms with Gasteiger partial charge in [0.1, 0.15) is 0 Å². The topological polar surface area (TPSA) is 66.2 Å². The van der Waals surface area contributed by atoms with Gasteiger partial charge in [0.05, 0.1) is 19.5 Å². The molecular weight excluding hydrogens is 290 g/mol. The number of hydrogen-bond acceptors (Lipinski definition) is 6. The van der Waals surface area contributed by atoms with Crippen LogP contribution in [0.25, 0.3) is 0 Å². The van der Waals surface area contributed by atoms with Crippen molar-refractivity contribution in [2.45, 2.75) is 19.9 Å². The summed E-state index contributed by atoms with van der Waals surface area (Å²) in [7, 11) is 1.28. The van der Waals surface area contributed by atoms with E-state index in [0.29, 0.717) is 5.75 Å². The predicted molar refractivity (Wildman–Crippen MR) is 71.1 cm³/mol. The van der Waals surface area contributed by atoms with Crippen LogP contribution in [0.1, 0.15) is 29.6 Å². The Balaban J connectivity index is 2.17. The summed E-state index contributed by atoms with van der Waals surface area (Å²) in [5.41, 5.74) is 0. The maximum atomic E-state index is 11.4. The number of carbonyl (C=O) groups is 1. The van der Waals surface area contributed by atoms with E-state index in [4.69, 9.17) is 16.3 Å².